The number of hydrazone groups is 1. The molecule has 0 radical (unpaired) electrons. The lowest BCUT2D eigenvalue weighted by molar-refractivity contribution is -0.113. The standard InChI is InChI=1S/C20H23N7O2S/c1-3-17(14-8-5-4-6-9-14)23-24-19-25-26-20(27(19)21)30-13-18(28)22-15-10-7-11-16(12-15)29-2/h4-12H,3,13,21H2,1-2H3,(H,22,28)(H,24,25)/b23-17-. The number of nitrogen functional groups attached to an aromatic ring is 1. The first-order valence-corrected chi connectivity index (χ1v) is 10.2. The number of ether oxygens (including phenoxy) is 1. The first-order valence-electron chi connectivity index (χ1n) is 9.26. The lowest BCUT2D eigenvalue weighted by Gasteiger charge is -2.07. The van der Waals surface area contributed by atoms with E-state index in [0.29, 0.717) is 16.6 Å². The summed E-state index contributed by atoms with van der Waals surface area (Å²) in [6.07, 6.45) is 0.738. The highest BCUT2D eigenvalue weighted by molar-refractivity contribution is 7.99. The Hall–Kier alpha value is -3.53. The molecule has 0 bridgehead atoms. The van der Waals surface area contributed by atoms with Crippen LogP contribution in [0.25, 0.3) is 0 Å². The molecule has 4 N–H and O–H groups in total. The summed E-state index contributed by atoms with van der Waals surface area (Å²) in [4.78, 5) is 12.2. The van der Waals surface area contributed by atoms with E-state index < -0.39 is 0 Å². The molecule has 0 aliphatic rings. The van der Waals surface area contributed by atoms with Gasteiger partial charge in [0.15, 0.2) is 0 Å². The van der Waals surface area contributed by atoms with Gasteiger partial charge in [0.25, 0.3) is 5.95 Å². The van der Waals surface area contributed by atoms with Gasteiger partial charge in [0, 0.05) is 11.8 Å². The fraction of sp³-hybridized carbons (Fsp3) is 0.200. The average Bonchev–Trinajstić information content (AvgIpc) is 3.13. The van der Waals surface area contributed by atoms with Crippen LogP contribution in [0.5, 0.6) is 5.75 Å². The van der Waals surface area contributed by atoms with E-state index in [0.717, 1.165) is 17.7 Å². The molecule has 1 heterocycles. The van der Waals surface area contributed by atoms with Crippen molar-refractivity contribution in [2.75, 3.05) is 29.4 Å². The van der Waals surface area contributed by atoms with Gasteiger partial charge in [0.05, 0.1) is 18.6 Å². The number of anilines is 2. The Kier molecular flexibility index (Phi) is 7.28. The molecule has 0 spiro atoms. The first-order chi connectivity index (χ1) is 14.6. The fourth-order valence-corrected chi connectivity index (χ4v) is 3.23. The second-order valence-electron chi connectivity index (χ2n) is 6.13. The van der Waals surface area contributed by atoms with Gasteiger partial charge >= 0.3 is 0 Å². The number of hydrogen-bond acceptors (Lipinski definition) is 8. The van der Waals surface area contributed by atoms with Gasteiger partial charge in [-0.1, -0.05) is 55.1 Å². The summed E-state index contributed by atoms with van der Waals surface area (Å²) in [5, 5.41) is 15.6. The number of thioether (sulfide) groups is 1. The zero-order valence-electron chi connectivity index (χ0n) is 16.7. The Morgan fingerprint density at radius 2 is 2.00 bits per heavy atom. The Bertz CT molecular complexity index is 1020. The predicted octanol–water partition coefficient (Wildman–Crippen LogP) is 2.96. The van der Waals surface area contributed by atoms with E-state index in [1.54, 1.807) is 31.4 Å². The number of rotatable bonds is 9. The third-order valence-electron chi connectivity index (χ3n) is 4.08. The number of hydrogen-bond donors (Lipinski definition) is 3. The quantitative estimate of drug-likeness (QED) is 0.209. The number of nitrogens with two attached hydrogens (primary N) is 1. The van der Waals surface area contributed by atoms with Crippen molar-refractivity contribution < 1.29 is 9.53 Å². The number of nitrogens with zero attached hydrogens (tertiary/aromatic N) is 4. The number of carbonyl (C=O) groups is 1. The zero-order chi connectivity index (χ0) is 21.3. The summed E-state index contributed by atoms with van der Waals surface area (Å²) in [6, 6.07) is 17.0. The van der Waals surface area contributed by atoms with E-state index in [4.69, 9.17) is 10.6 Å². The molecule has 0 atom stereocenters. The van der Waals surface area contributed by atoms with E-state index in [2.05, 4.69) is 26.0 Å². The van der Waals surface area contributed by atoms with Crippen LogP contribution in [0.3, 0.4) is 0 Å². The molecule has 30 heavy (non-hydrogen) atoms. The van der Waals surface area contributed by atoms with Crippen LogP contribution in [0.2, 0.25) is 0 Å². The van der Waals surface area contributed by atoms with Gasteiger partial charge in [-0.15, -0.1) is 10.2 Å². The monoisotopic (exact) mass is 425 g/mol. The third-order valence-corrected chi connectivity index (χ3v) is 5.03. The van der Waals surface area contributed by atoms with Gasteiger partial charge in [-0.05, 0) is 24.1 Å². The van der Waals surface area contributed by atoms with E-state index >= 15 is 0 Å². The molecule has 1 aromatic heterocycles. The van der Waals surface area contributed by atoms with Gasteiger partial charge in [-0.25, -0.2) is 10.1 Å². The smallest absolute Gasteiger partial charge is 0.264 e. The number of methoxy groups -OCH3 is 1. The van der Waals surface area contributed by atoms with Crippen LogP contribution in [-0.2, 0) is 4.79 Å². The van der Waals surface area contributed by atoms with Crippen molar-refractivity contribution in [1.29, 1.82) is 0 Å². The lowest BCUT2D eigenvalue weighted by Crippen LogP contribution is -2.17. The summed E-state index contributed by atoms with van der Waals surface area (Å²) in [5.41, 5.74) is 5.38. The van der Waals surface area contributed by atoms with Gasteiger partial charge in [0.2, 0.25) is 11.1 Å². The number of amides is 1. The normalized spacial score (nSPS) is 11.2. The predicted molar refractivity (Wildman–Crippen MR) is 119 cm³/mol. The Balaban J connectivity index is 1.58. The molecule has 0 saturated carbocycles. The summed E-state index contributed by atoms with van der Waals surface area (Å²) in [5.74, 6) is 6.92. The van der Waals surface area contributed by atoms with Crippen LogP contribution in [-0.4, -0.2) is 39.4 Å². The van der Waals surface area contributed by atoms with Gasteiger partial charge in [-0.2, -0.15) is 5.10 Å². The maximum atomic E-state index is 12.2. The van der Waals surface area contributed by atoms with Crippen LogP contribution >= 0.6 is 11.8 Å². The molecule has 0 unspecified atom stereocenters. The third kappa shape index (κ3) is 5.51. The maximum Gasteiger partial charge on any atom is 0.264 e. The van der Waals surface area contributed by atoms with Crippen molar-refractivity contribution in [2.24, 2.45) is 5.10 Å². The van der Waals surface area contributed by atoms with Crippen molar-refractivity contribution >= 4 is 35.0 Å². The largest absolute Gasteiger partial charge is 0.497 e. The second-order valence-corrected chi connectivity index (χ2v) is 7.08. The molecule has 2 aromatic carbocycles. The maximum absolute atomic E-state index is 12.2. The summed E-state index contributed by atoms with van der Waals surface area (Å²) < 4.78 is 6.42. The van der Waals surface area contributed by atoms with Crippen molar-refractivity contribution in [3.63, 3.8) is 0 Å². The highest BCUT2D eigenvalue weighted by Gasteiger charge is 2.13. The van der Waals surface area contributed by atoms with Crippen molar-refractivity contribution in [3.8, 4) is 5.75 Å². The molecule has 9 nitrogen and oxygen atoms in total. The minimum Gasteiger partial charge on any atom is -0.497 e. The lowest BCUT2D eigenvalue weighted by atomic mass is 10.1. The summed E-state index contributed by atoms with van der Waals surface area (Å²) in [7, 11) is 1.57. The first kappa shape index (κ1) is 21.2. The van der Waals surface area contributed by atoms with Crippen molar-refractivity contribution in [2.45, 2.75) is 18.5 Å². The highest BCUT2D eigenvalue weighted by atomic mass is 32.2. The van der Waals surface area contributed by atoms with Crippen LogP contribution in [0.4, 0.5) is 11.6 Å². The Morgan fingerprint density at radius 3 is 2.73 bits per heavy atom. The van der Waals surface area contributed by atoms with E-state index in [-0.39, 0.29) is 17.6 Å². The molecule has 10 heteroatoms. The van der Waals surface area contributed by atoms with Crippen LogP contribution in [0, 0.1) is 0 Å². The second kappa shape index (κ2) is 10.3. The van der Waals surface area contributed by atoms with E-state index in [9.17, 15) is 4.79 Å². The molecule has 3 aromatic rings. The van der Waals surface area contributed by atoms with Crippen LogP contribution < -0.4 is 21.3 Å². The number of aromatic nitrogens is 3. The molecule has 1 amide bonds. The zero-order valence-corrected chi connectivity index (χ0v) is 17.5. The Morgan fingerprint density at radius 1 is 1.20 bits per heavy atom. The van der Waals surface area contributed by atoms with Gasteiger partial charge in [-0.3, -0.25) is 4.79 Å². The highest BCUT2D eigenvalue weighted by Crippen LogP contribution is 2.19. The van der Waals surface area contributed by atoms with E-state index in [1.165, 1.54) is 16.4 Å². The summed E-state index contributed by atoms with van der Waals surface area (Å²) >= 11 is 1.17. The van der Waals surface area contributed by atoms with Crippen molar-refractivity contribution in [1.82, 2.24) is 14.9 Å². The van der Waals surface area contributed by atoms with Gasteiger partial charge < -0.3 is 15.9 Å². The van der Waals surface area contributed by atoms with Crippen LogP contribution in [0.15, 0.2) is 64.9 Å². The molecule has 3 rings (SSSR count). The van der Waals surface area contributed by atoms with Crippen molar-refractivity contribution in [3.05, 3.63) is 60.2 Å². The molecule has 156 valence electrons. The molecular weight excluding hydrogens is 402 g/mol. The van der Waals surface area contributed by atoms with Crippen LogP contribution in [0.1, 0.15) is 18.9 Å². The SMILES string of the molecule is CC/C(=N/Nc1nnc(SCC(=O)Nc2cccc(OC)c2)n1N)c1ccccc1. The number of nitrogens with one attached hydrogen (secondary N) is 2. The summed E-state index contributed by atoms with van der Waals surface area (Å²) in [6.45, 7) is 2.02. The van der Waals surface area contributed by atoms with E-state index in [1.807, 2.05) is 37.3 Å². The topological polar surface area (TPSA) is 119 Å². The fourth-order valence-electron chi connectivity index (χ4n) is 2.58. The Labute approximate surface area is 178 Å². The minimum absolute atomic E-state index is 0.125. The molecule has 0 fully saturated rings. The van der Waals surface area contributed by atoms with Gasteiger partial charge in [0.1, 0.15) is 5.75 Å². The molecule has 0 aliphatic heterocycles. The number of carbonyl (C=O) groups excluding carboxylic acids is 1. The molecular formula is C20H23N7O2S. The number of benzene rings is 2. The average molecular weight is 426 g/mol. The molecule has 0 aliphatic carbocycles. The molecule has 0 saturated heterocycles. The minimum atomic E-state index is -0.193.